The Morgan fingerprint density at radius 1 is 1.32 bits per heavy atom. The minimum Gasteiger partial charge on any atom is -0.380 e. The van der Waals surface area contributed by atoms with E-state index in [9.17, 15) is 4.79 Å². The third-order valence-corrected chi connectivity index (χ3v) is 4.25. The number of ether oxygens (including phenoxy) is 2. The van der Waals surface area contributed by atoms with Crippen LogP contribution in [0.4, 0.5) is 0 Å². The van der Waals surface area contributed by atoms with Crippen molar-refractivity contribution in [2.45, 2.75) is 45.3 Å². The average molecular weight is 305 g/mol. The van der Waals surface area contributed by atoms with Crippen molar-refractivity contribution >= 4 is 5.91 Å². The van der Waals surface area contributed by atoms with Gasteiger partial charge in [0, 0.05) is 19.2 Å². The molecule has 1 aliphatic carbocycles. The van der Waals surface area contributed by atoms with Crippen LogP contribution < -0.4 is 5.32 Å². The van der Waals surface area contributed by atoms with Gasteiger partial charge in [-0.3, -0.25) is 4.79 Å². The molecule has 1 saturated carbocycles. The Bertz CT molecular complexity index is 475. The van der Waals surface area contributed by atoms with Gasteiger partial charge in [0.25, 0.3) is 5.91 Å². The van der Waals surface area contributed by atoms with Crippen LogP contribution in [0, 0.1) is 5.92 Å². The minimum absolute atomic E-state index is 0.0572. The monoisotopic (exact) mass is 305 g/mol. The van der Waals surface area contributed by atoms with Crippen molar-refractivity contribution < 1.29 is 14.3 Å². The summed E-state index contributed by atoms with van der Waals surface area (Å²) in [5.74, 6) is 0.577. The smallest absolute Gasteiger partial charge is 0.251 e. The van der Waals surface area contributed by atoms with E-state index < -0.39 is 0 Å². The fourth-order valence-electron chi connectivity index (χ4n) is 2.98. The first-order valence-corrected chi connectivity index (χ1v) is 8.18. The standard InChI is InChI=1S/C18H27NO3/c1-14-6-3-4-9-17(14)22-11-10-19-18(20)16-8-5-7-15(12-16)13-21-2/h5,7-8,12,14,17H,3-4,6,9-11,13H2,1-2H3,(H,19,20)/t14-,17-/m0/s1. The van der Waals surface area contributed by atoms with Crippen LogP contribution in [0.3, 0.4) is 0 Å². The Labute approximate surface area is 133 Å². The summed E-state index contributed by atoms with van der Waals surface area (Å²) >= 11 is 0. The minimum atomic E-state index is -0.0572. The molecule has 2 rings (SSSR count). The van der Waals surface area contributed by atoms with Gasteiger partial charge in [-0.05, 0) is 36.5 Å². The molecule has 0 spiro atoms. The van der Waals surface area contributed by atoms with E-state index >= 15 is 0 Å². The summed E-state index contributed by atoms with van der Waals surface area (Å²) in [6.07, 6.45) is 5.33. The molecule has 0 unspecified atom stereocenters. The van der Waals surface area contributed by atoms with E-state index in [1.807, 2.05) is 24.3 Å². The predicted molar refractivity (Wildman–Crippen MR) is 86.9 cm³/mol. The zero-order valence-electron chi connectivity index (χ0n) is 13.6. The number of rotatable bonds is 7. The van der Waals surface area contributed by atoms with Crippen LogP contribution >= 0.6 is 0 Å². The van der Waals surface area contributed by atoms with E-state index in [1.54, 1.807) is 7.11 Å². The van der Waals surface area contributed by atoms with Crippen LogP contribution in [0.5, 0.6) is 0 Å². The van der Waals surface area contributed by atoms with E-state index in [0.717, 1.165) is 12.0 Å². The third-order valence-electron chi connectivity index (χ3n) is 4.25. The summed E-state index contributed by atoms with van der Waals surface area (Å²) in [5.41, 5.74) is 1.67. The molecule has 0 radical (unpaired) electrons. The molecule has 1 aliphatic rings. The van der Waals surface area contributed by atoms with Gasteiger partial charge in [0.05, 0.1) is 19.3 Å². The molecule has 1 aromatic carbocycles. The average Bonchev–Trinajstić information content (AvgIpc) is 2.53. The van der Waals surface area contributed by atoms with Gasteiger partial charge in [-0.25, -0.2) is 0 Å². The predicted octanol–water partition coefficient (Wildman–Crippen LogP) is 3.16. The van der Waals surface area contributed by atoms with E-state index in [0.29, 0.717) is 37.3 Å². The lowest BCUT2D eigenvalue weighted by Gasteiger charge is -2.28. The fraction of sp³-hybridized carbons (Fsp3) is 0.611. The second-order valence-corrected chi connectivity index (χ2v) is 6.06. The van der Waals surface area contributed by atoms with Crippen LogP contribution in [0.2, 0.25) is 0 Å². The van der Waals surface area contributed by atoms with Crippen molar-refractivity contribution in [3.8, 4) is 0 Å². The zero-order valence-corrected chi connectivity index (χ0v) is 13.6. The van der Waals surface area contributed by atoms with E-state index in [1.165, 1.54) is 19.3 Å². The molecule has 1 amide bonds. The quantitative estimate of drug-likeness (QED) is 0.787. The van der Waals surface area contributed by atoms with Gasteiger partial charge in [0.2, 0.25) is 0 Å². The highest BCUT2D eigenvalue weighted by atomic mass is 16.5. The first-order valence-electron chi connectivity index (χ1n) is 8.18. The highest BCUT2D eigenvalue weighted by molar-refractivity contribution is 5.94. The fourth-order valence-corrected chi connectivity index (χ4v) is 2.98. The van der Waals surface area contributed by atoms with Crippen LogP contribution in [0.15, 0.2) is 24.3 Å². The maximum atomic E-state index is 12.1. The van der Waals surface area contributed by atoms with Gasteiger partial charge in [-0.15, -0.1) is 0 Å². The van der Waals surface area contributed by atoms with Gasteiger partial charge < -0.3 is 14.8 Å². The van der Waals surface area contributed by atoms with Crippen molar-refractivity contribution in [3.63, 3.8) is 0 Å². The normalized spacial score (nSPS) is 21.5. The first kappa shape index (κ1) is 17.0. The SMILES string of the molecule is COCc1cccc(C(=O)NCCO[C@H]2CCCC[C@@H]2C)c1. The number of hydrogen-bond acceptors (Lipinski definition) is 3. The van der Waals surface area contributed by atoms with Gasteiger partial charge in [0.1, 0.15) is 0 Å². The zero-order chi connectivity index (χ0) is 15.8. The second-order valence-electron chi connectivity index (χ2n) is 6.06. The highest BCUT2D eigenvalue weighted by Gasteiger charge is 2.21. The molecule has 22 heavy (non-hydrogen) atoms. The van der Waals surface area contributed by atoms with Crippen molar-refractivity contribution in [1.82, 2.24) is 5.32 Å². The molecular formula is C18H27NO3. The number of nitrogens with one attached hydrogen (secondary N) is 1. The molecule has 0 aromatic heterocycles. The van der Waals surface area contributed by atoms with Crippen molar-refractivity contribution in [2.24, 2.45) is 5.92 Å². The van der Waals surface area contributed by atoms with Crippen molar-refractivity contribution in [1.29, 1.82) is 0 Å². The number of benzene rings is 1. The van der Waals surface area contributed by atoms with Crippen LogP contribution in [-0.4, -0.2) is 32.3 Å². The third kappa shape index (κ3) is 5.11. The Kier molecular flexibility index (Phi) is 6.87. The lowest BCUT2D eigenvalue weighted by molar-refractivity contribution is -0.00293. The van der Waals surface area contributed by atoms with Gasteiger partial charge in [-0.1, -0.05) is 31.9 Å². The molecule has 0 saturated heterocycles. The lowest BCUT2D eigenvalue weighted by atomic mass is 9.88. The molecule has 0 heterocycles. The second kappa shape index (κ2) is 8.91. The molecule has 4 nitrogen and oxygen atoms in total. The number of carbonyl (C=O) groups is 1. The highest BCUT2D eigenvalue weighted by Crippen LogP contribution is 2.25. The van der Waals surface area contributed by atoms with E-state index in [2.05, 4.69) is 12.2 Å². The van der Waals surface area contributed by atoms with Crippen molar-refractivity contribution in [2.75, 3.05) is 20.3 Å². The molecule has 122 valence electrons. The number of hydrogen-bond donors (Lipinski definition) is 1. The maximum Gasteiger partial charge on any atom is 0.251 e. The summed E-state index contributed by atoms with van der Waals surface area (Å²) < 4.78 is 11.0. The summed E-state index contributed by atoms with van der Waals surface area (Å²) in [6, 6.07) is 7.51. The largest absolute Gasteiger partial charge is 0.380 e. The number of methoxy groups -OCH3 is 1. The Hall–Kier alpha value is -1.39. The summed E-state index contributed by atoms with van der Waals surface area (Å²) in [4.78, 5) is 12.1. The Morgan fingerprint density at radius 3 is 2.91 bits per heavy atom. The van der Waals surface area contributed by atoms with Crippen LogP contribution in [0.1, 0.15) is 48.5 Å². The van der Waals surface area contributed by atoms with Gasteiger partial charge in [-0.2, -0.15) is 0 Å². The number of carbonyl (C=O) groups excluding carboxylic acids is 1. The molecule has 4 heteroatoms. The molecule has 1 N–H and O–H groups in total. The Morgan fingerprint density at radius 2 is 2.14 bits per heavy atom. The number of amides is 1. The molecule has 2 atom stereocenters. The summed E-state index contributed by atoms with van der Waals surface area (Å²) in [5, 5.41) is 2.92. The summed E-state index contributed by atoms with van der Waals surface area (Å²) in [7, 11) is 1.65. The molecule has 1 aromatic rings. The van der Waals surface area contributed by atoms with Crippen molar-refractivity contribution in [3.05, 3.63) is 35.4 Å². The van der Waals surface area contributed by atoms with E-state index in [4.69, 9.17) is 9.47 Å². The maximum absolute atomic E-state index is 12.1. The van der Waals surface area contributed by atoms with Gasteiger partial charge in [0.15, 0.2) is 0 Å². The van der Waals surface area contributed by atoms with Crippen LogP contribution in [0.25, 0.3) is 0 Å². The van der Waals surface area contributed by atoms with Crippen LogP contribution in [-0.2, 0) is 16.1 Å². The summed E-state index contributed by atoms with van der Waals surface area (Å²) in [6.45, 7) is 3.91. The van der Waals surface area contributed by atoms with Gasteiger partial charge >= 0.3 is 0 Å². The first-order chi connectivity index (χ1) is 10.7. The lowest BCUT2D eigenvalue weighted by Crippen LogP contribution is -2.31. The van der Waals surface area contributed by atoms with E-state index in [-0.39, 0.29) is 5.91 Å². The molecule has 1 fully saturated rings. The Balaban J connectivity index is 1.72. The molecule has 0 aliphatic heterocycles. The molecule has 0 bridgehead atoms. The molecular weight excluding hydrogens is 278 g/mol. The topological polar surface area (TPSA) is 47.6 Å².